The van der Waals surface area contributed by atoms with Crippen LogP contribution in [0.4, 0.5) is 5.82 Å². The second-order valence-electron chi connectivity index (χ2n) is 6.52. The lowest BCUT2D eigenvalue weighted by molar-refractivity contribution is 0.102. The van der Waals surface area contributed by atoms with Crippen LogP contribution < -0.4 is 10.9 Å². The molecular formula is C18H19N5O2. The van der Waals surface area contributed by atoms with Crippen LogP contribution in [0, 0.1) is 5.92 Å². The maximum Gasteiger partial charge on any atom is 0.277 e. The minimum atomic E-state index is -0.350. The summed E-state index contributed by atoms with van der Waals surface area (Å²) in [4.78, 5) is 25.0. The summed E-state index contributed by atoms with van der Waals surface area (Å²) in [5, 5.41) is 12.4. The molecule has 0 aliphatic heterocycles. The van der Waals surface area contributed by atoms with Crippen LogP contribution in [-0.4, -0.2) is 25.5 Å². The number of carbonyl (C=O) groups is 1. The highest BCUT2D eigenvalue weighted by Crippen LogP contribution is 2.40. The number of aryl methyl sites for hydroxylation is 1. The van der Waals surface area contributed by atoms with Gasteiger partial charge in [0.1, 0.15) is 5.82 Å². The van der Waals surface area contributed by atoms with E-state index >= 15 is 0 Å². The molecule has 7 nitrogen and oxygen atoms in total. The number of amides is 1. The van der Waals surface area contributed by atoms with E-state index in [-0.39, 0.29) is 23.2 Å². The largest absolute Gasteiger partial charge is 0.305 e. The molecule has 1 aliphatic rings. The molecular weight excluding hydrogens is 318 g/mol. The molecule has 2 aromatic heterocycles. The Morgan fingerprint density at radius 1 is 1.24 bits per heavy atom. The van der Waals surface area contributed by atoms with E-state index in [4.69, 9.17) is 0 Å². The fourth-order valence-corrected chi connectivity index (χ4v) is 3.16. The van der Waals surface area contributed by atoms with Crippen molar-refractivity contribution in [1.29, 1.82) is 0 Å². The predicted octanol–water partition coefficient (Wildman–Crippen LogP) is 2.35. The number of anilines is 1. The van der Waals surface area contributed by atoms with Crippen molar-refractivity contribution in [1.82, 2.24) is 19.6 Å². The highest BCUT2D eigenvalue weighted by Gasteiger charge is 2.31. The molecule has 1 amide bonds. The first kappa shape index (κ1) is 15.6. The highest BCUT2D eigenvalue weighted by molar-refractivity contribution is 6.10. The number of hydrogen-bond donors (Lipinski definition) is 1. The van der Waals surface area contributed by atoms with Gasteiger partial charge in [0.2, 0.25) is 0 Å². The third-order valence-electron chi connectivity index (χ3n) is 4.77. The molecule has 1 aliphatic carbocycles. The van der Waals surface area contributed by atoms with Gasteiger partial charge in [-0.05, 0) is 31.7 Å². The van der Waals surface area contributed by atoms with Gasteiger partial charge in [0.25, 0.3) is 11.5 Å². The molecule has 0 radical (unpaired) electrons. The molecule has 3 aromatic rings. The SMILES string of the molecule is C[C@@H](C1CC1)n1nccc1NC(=O)c1nn(C)c(=O)c2ccccc12. The van der Waals surface area contributed by atoms with Gasteiger partial charge in [-0.25, -0.2) is 9.36 Å². The maximum atomic E-state index is 12.8. The summed E-state index contributed by atoms with van der Waals surface area (Å²) < 4.78 is 3.04. The van der Waals surface area contributed by atoms with Crippen LogP contribution in [0.15, 0.2) is 41.3 Å². The Balaban J connectivity index is 1.71. The van der Waals surface area contributed by atoms with Crippen LogP contribution in [0.25, 0.3) is 10.8 Å². The van der Waals surface area contributed by atoms with Gasteiger partial charge in [-0.1, -0.05) is 18.2 Å². The maximum absolute atomic E-state index is 12.8. The van der Waals surface area contributed by atoms with Gasteiger partial charge in [-0.15, -0.1) is 0 Å². The zero-order chi connectivity index (χ0) is 17.6. The average molecular weight is 337 g/mol. The van der Waals surface area contributed by atoms with Crippen molar-refractivity contribution in [3.05, 3.63) is 52.6 Å². The van der Waals surface area contributed by atoms with Crippen LogP contribution in [0.2, 0.25) is 0 Å². The monoisotopic (exact) mass is 337 g/mol. The van der Waals surface area contributed by atoms with Crippen molar-refractivity contribution in [3.8, 4) is 0 Å². The van der Waals surface area contributed by atoms with E-state index in [1.165, 1.54) is 17.5 Å². The fraction of sp³-hybridized carbons (Fsp3) is 0.333. The molecule has 1 aromatic carbocycles. The molecule has 4 rings (SSSR count). The molecule has 2 heterocycles. The van der Waals surface area contributed by atoms with Crippen molar-refractivity contribution < 1.29 is 4.79 Å². The van der Waals surface area contributed by atoms with Crippen molar-refractivity contribution in [2.75, 3.05) is 5.32 Å². The number of carbonyl (C=O) groups excluding carboxylic acids is 1. The van der Waals surface area contributed by atoms with E-state index < -0.39 is 0 Å². The molecule has 0 saturated heterocycles. The van der Waals surface area contributed by atoms with Gasteiger partial charge in [0.15, 0.2) is 5.69 Å². The number of hydrogen-bond acceptors (Lipinski definition) is 4. The molecule has 1 atom stereocenters. The first-order valence-corrected chi connectivity index (χ1v) is 8.37. The van der Waals surface area contributed by atoms with E-state index in [1.807, 2.05) is 4.68 Å². The van der Waals surface area contributed by atoms with Crippen LogP contribution >= 0.6 is 0 Å². The summed E-state index contributed by atoms with van der Waals surface area (Å²) in [5.74, 6) is 0.910. The van der Waals surface area contributed by atoms with Gasteiger partial charge >= 0.3 is 0 Å². The third kappa shape index (κ3) is 2.71. The van der Waals surface area contributed by atoms with Crippen molar-refractivity contribution in [2.45, 2.75) is 25.8 Å². The molecule has 128 valence electrons. The molecule has 25 heavy (non-hydrogen) atoms. The smallest absolute Gasteiger partial charge is 0.277 e. The highest BCUT2D eigenvalue weighted by atomic mass is 16.2. The Bertz CT molecular complexity index is 1020. The first-order valence-electron chi connectivity index (χ1n) is 8.37. The summed E-state index contributed by atoms with van der Waals surface area (Å²) in [5.41, 5.74) is 0.00377. The molecule has 0 bridgehead atoms. The Hall–Kier alpha value is -2.96. The average Bonchev–Trinajstić information content (AvgIpc) is 3.37. The normalized spacial score (nSPS) is 15.3. The number of aromatic nitrogens is 4. The van der Waals surface area contributed by atoms with E-state index in [0.29, 0.717) is 22.5 Å². The number of nitrogens with zero attached hydrogens (tertiary/aromatic N) is 4. The van der Waals surface area contributed by atoms with Crippen LogP contribution in [0.1, 0.15) is 36.3 Å². The van der Waals surface area contributed by atoms with E-state index in [9.17, 15) is 9.59 Å². The van der Waals surface area contributed by atoms with Gasteiger partial charge < -0.3 is 5.32 Å². The molecule has 7 heteroatoms. The lowest BCUT2D eigenvalue weighted by Gasteiger charge is -2.15. The Morgan fingerprint density at radius 3 is 2.68 bits per heavy atom. The zero-order valence-corrected chi connectivity index (χ0v) is 14.1. The summed E-state index contributed by atoms with van der Waals surface area (Å²) in [6.07, 6.45) is 4.07. The summed E-state index contributed by atoms with van der Waals surface area (Å²) in [6.45, 7) is 2.11. The minimum absolute atomic E-state index is 0.223. The number of fused-ring (bicyclic) bond motifs is 1. The third-order valence-corrected chi connectivity index (χ3v) is 4.77. The summed E-state index contributed by atoms with van der Waals surface area (Å²) >= 11 is 0. The Labute approximate surface area is 144 Å². The summed E-state index contributed by atoms with van der Waals surface area (Å²) in [7, 11) is 1.55. The Morgan fingerprint density at radius 2 is 1.96 bits per heavy atom. The molecule has 1 N–H and O–H groups in total. The van der Waals surface area contributed by atoms with E-state index in [1.54, 1.807) is 43.6 Å². The number of nitrogens with one attached hydrogen (secondary N) is 1. The fourth-order valence-electron chi connectivity index (χ4n) is 3.16. The predicted molar refractivity (Wildman–Crippen MR) is 94.6 cm³/mol. The molecule has 1 fully saturated rings. The van der Waals surface area contributed by atoms with Crippen LogP contribution in [0.5, 0.6) is 0 Å². The van der Waals surface area contributed by atoms with Gasteiger partial charge in [0, 0.05) is 18.5 Å². The first-order chi connectivity index (χ1) is 12.1. The van der Waals surface area contributed by atoms with Crippen LogP contribution in [-0.2, 0) is 7.05 Å². The molecule has 0 unspecified atom stereocenters. The topological polar surface area (TPSA) is 81.8 Å². The van der Waals surface area contributed by atoms with Gasteiger partial charge in [-0.2, -0.15) is 10.2 Å². The zero-order valence-electron chi connectivity index (χ0n) is 14.1. The van der Waals surface area contributed by atoms with Gasteiger partial charge in [-0.3, -0.25) is 9.59 Å². The van der Waals surface area contributed by atoms with Crippen LogP contribution in [0.3, 0.4) is 0 Å². The van der Waals surface area contributed by atoms with Crippen molar-refractivity contribution >= 4 is 22.5 Å². The quantitative estimate of drug-likeness (QED) is 0.792. The standard InChI is InChI=1S/C18H19N5O2/c1-11(12-7-8-12)23-15(9-10-19-23)20-17(24)16-13-5-3-4-6-14(13)18(25)22(2)21-16/h3-6,9-12H,7-8H2,1-2H3,(H,20,24)/t11-/m0/s1. The lowest BCUT2D eigenvalue weighted by atomic mass is 10.1. The van der Waals surface area contributed by atoms with Crippen molar-refractivity contribution in [2.24, 2.45) is 13.0 Å². The molecule has 1 saturated carbocycles. The molecule has 0 spiro atoms. The Kier molecular flexibility index (Phi) is 3.63. The minimum Gasteiger partial charge on any atom is -0.305 e. The second kappa shape index (κ2) is 5.84. The van der Waals surface area contributed by atoms with E-state index in [2.05, 4.69) is 22.4 Å². The van der Waals surface area contributed by atoms with E-state index in [0.717, 1.165) is 0 Å². The van der Waals surface area contributed by atoms with Gasteiger partial charge in [0.05, 0.1) is 17.6 Å². The summed E-state index contributed by atoms with van der Waals surface area (Å²) in [6, 6.07) is 9.03. The van der Waals surface area contributed by atoms with Crippen molar-refractivity contribution in [3.63, 3.8) is 0 Å². The number of benzene rings is 1. The second-order valence-corrected chi connectivity index (χ2v) is 6.52. The lowest BCUT2D eigenvalue weighted by Crippen LogP contribution is -2.26. The number of rotatable bonds is 4.